The van der Waals surface area contributed by atoms with Crippen LogP contribution in [0.15, 0.2) is 59.0 Å². The van der Waals surface area contributed by atoms with Crippen LogP contribution in [0.4, 0.5) is 11.4 Å². The van der Waals surface area contributed by atoms with Crippen LogP contribution in [0.5, 0.6) is 0 Å². The lowest BCUT2D eigenvalue weighted by Crippen LogP contribution is -2.41. The zero-order valence-electron chi connectivity index (χ0n) is 15.3. The molecule has 1 saturated heterocycles. The maximum atomic E-state index is 12.4. The van der Waals surface area contributed by atoms with Crippen LogP contribution < -0.4 is 10.6 Å². The number of morpholine rings is 1. The Labute approximate surface area is 162 Å². The summed E-state index contributed by atoms with van der Waals surface area (Å²) >= 11 is 0. The van der Waals surface area contributed by atoms with Crippen molar-refractivity contribution in [3.8, 4) is 0 Å². The number of carbonyl (C=O) groups excluding carboxylic acids is 2. The average Bonchev–Trinajstić information content (AvgIpc) is 3.15. The van der Waals surface area contributed by atoms with E-state index in [9.17, 15) is 9.59 Å². The smallest absolute Gasteiger partial charge is 0.291 e. The summed E-state index contributed by atoms with van der Waals surface area (Å²) in [4.78, 5) is 26.6. The van der Waals surface area contributed by atoms with E-state index in [0.717, 1.165) is 18.5 Å². The van der Waals surface area contributed by atoms with E-state index < -0.39 is 0 Å². The number of anilines is 2. The number of carbonyl (C=O) groups is 2. The molecule has 0 radical (unpaired) electrons. The maximum absolute atomic E-state index is 12.4. The highest BCUT2D eigenvalue weighted by Gasteiger charge is 2.15. The molecule has 1 aliphatic rings. The van der Waals surface area contributed by atoms with Crippen LogP contribution in [0, 0.1) is 0 Å². The van der Waals surface area contributed by atoms with Gasteiger partial charge in [0.05, 0.1) is 19.8 Å². The second-order valence-corrected chi connectivity index (χ2v) is 6.62. The third-order valence-electron chi connectivity index (χ3n) is 4.55. The molecule has 0 saturated carbocycles. The van der Waals surface area contributed by atoms with Crippen molar-refractivity contribution in [2.24, 2.45) is 0 Å². The van der Waals surface area contributed by atoms with E-state index in [1.165, 1.54) is 0 Å². The van der Waals surface area contributed by atoms with Gasteiger partial charge in [0, 0.05) is 29.9 Å². The lowest BCUT2D eigenvalue weighted by atomic mass is 10.2. The van der Waals surface area contributed by atoms with Gasteiger partial charge >= 0.3 is 0 Å². The van der Waals surface area contributed by atoms with E-state index >= 15 is 0 Å². The number of hydrogen-bond donors (Lipinski definition) is 2. The van der Waals surface area contributed by atoms with Crippen LogP contribution in [0.2, 0.25) is 0 Å². The first-order valence-electron chi connectivity index (χ1n) is 9.17. The molecule has 0 atom stereocenters. The van der Waals surface area contributed by atoms with Crippen LogP contribution in [0.1, 0.15) is 10.6 Å². The molecule has 1 fully saturated rings. The fraction of sp³-hybridized carbons (Fsp3) is 0.238. The first-order valence-corrected chi connectivity index (χ1v) is 9.17. The molecule has 7 nitrogen and oxygen atoms in total. The minimum Gasteiger partial charge on any atom is -0.451 e. The molecular formula is C21H21N3O4. The molecule has 1 aliphatic heterocycles. The van der Waals surface area contributed by atoms with Crippen LogP contribution in [0.3, 0.4) is 0 Å². The minimum absolute atomic E-state index is 0.0686. The van der Waals surface area contributed by atoms with Gasteiger partial charge in [-0.05, 0) is 36.4 Å². The van der Waals surface area contributed by atoms with Crippen molar-refractivity contribution in [2.45, 2.75) is 0 Å². The van der Waals surface area contributed by atoms with E-state index in [4.69, 9.17) is 9.15 Å². The van der Waals surface area contributed by atoms with Crippen molar-refractivity contribution < 1.29 is 18.7 Å². The largest absolute Gasteiger partial charge is 0.451 e. The Morgan fingerprint density at radius 3 is 2.32 bits per heavy atom. The molecule has 2 aromatic carbocycles. The second kappa shape index (κ2) is 8.24. The van der Waals surface area contributed by atoms with Crippen LogP contribution >= 0.6 is 0 Å². The van der Waals surface area contributed by atoms with Gasteiger partial charge in [-0.1, -0.05) is 18.2 Å². The first-order chi connectivity index (χ1) is 13.7. The third-order valence-corrected chi connectivity index (χ3v) is 4.55. The van der Waals surface area contributed by atoms with Gasteiger partial charge in [-0.25, -0.2) is 0 Å². The van der Waals surface area contributed by atoms with Gasteiger partial charge in [-0.3, -0.25) is 14.5 Å². The summed E-state index contributed by atoms with van der Waals surface area (Å²) < 4.78 is 10.8. The molecule has 2 N–H and O–H groups in total. The number of ether oxygens (including phenoxy) is 1. The Morgan fingerprint density at radius 1 is 0.929 bits per heavy atom. The van der Waals surface area contributed by atoms with Gasteiger partial charge in [0.1, 0.15) is 5.58 Å². The predicted octanol–water partition coefficient (Wildman–Crippen LogP) is 2.96. The number of para-hydroxylation sites is 1. The standard InChI is InChI=1S/C21H21N3O4/c25-20(14-24-9-11-27-12-10-24)22-16-5-7-17(8-6-16)23-21(26)19-13-15-3-1-2-4-18(15)28-19/h1-8,13H,9-12,14H2,(H,22,25)(H,23,26). The SMILES string of the molecule is O=C(CN1CCOCC1)Nc1ccc(NC(=O)c2cc3ccccc3o2)cc1. The topological polar surface area (TPSA) is 83.8 Å². The Balaban J connectivity index is 1.33. The number of rotatable bonds is 5. The fourth-order valence-electron chi connectivity index (χ4n) is 3.09. The second-order valence-electron chi connectivity index (χ2n) is 6.62. The van der Waals surface area contributed by atoms with Gasteiger partial charge in [0.15, 0.2) is 5.76 Å². The minimum atomic E-state index is -0.319. The summed E-state index contributed by atoms with van der Waals surface area (Å²) in [5.74, 6) is -0.134. The van der Waals surface area contributed by atoms with E-state index in [-0.39, 0.29) is 17.6 Å². The van der Waals surface area contributed by atoms with Gasteiger partial charge in [-0.15, -0.1) is 0 Å². The van der Waals surface area contributed by atoms with Crippen molar-refractivity contribution in [1.29, 1.82) is 0 Å². The molecule has 3 aromatic rings. The lowest BCUT2D eigenvalue weighted by molar-refractivity contribution is -0.118. The van der Waals surface area contributed by atoms with E-state index in [1.54, 1.807) is 30.3 Å². The van der Waals surface area contributed by atoms with Gasteiger partial charge in [0.2, 0.25) is 5.91 Å². The van der Waals surface area contributed by atoms with Crippen molar-refractivity contribution in [2.75, 3.05) is 43.5 Å². The number of benzene rings is 2. The molecule has 2 amide bonds. The number of amides is 2. The lowest BCUT2D eigenvalue weighted by Gasteiger charge is -2.25. The van der Waals surface area contributed by atoms with Crippen molar-refractivity contribution in [3.63, 3.8) is 0 Å². The summed E-state index contributed by atoms with van der Waals surface area (Å²) in [6.07, 6.45) is 0. The molecule has 144 valence electrons. The number of nitrogens with one attached hydrogen (secondary N) is 2. The predicted molar refractivity (Wildman–Crippen MR) is 106 cm³/mol. The van der Waals surface area contributed by atoms with Crippen molar-refractivity contribution in [3.05, 3.63) is 60.4 Å². The number of fused-ring (bicyclic) bond motifs is 1. The molecular weight excluding hydrogens is 358 g/mol. The molecule has 0 unspecified atom stereocenters. The van der Waals surface area contributed by atoms with Crippen molar-refractivity contribution >= 4 is 34.2 Å². The quantitative estimate of drug-likeness (QED) is 0.712. The molecule has 0 aliphatic carbocycles. The Morgan fingerprint density at radius 2 is 1.61 bits per heavy atom. The van der Waals surface area contributed by atoms with Crippen LogP contribution in [0.25, 0.3) is 11.0 Å². The van der Waals surface area contributed by atoms with Crippen LogP contribution in [-0.2, 0) is 9.53 Å². The molecule has 28 heavy (non-hydrogen) atoms. The highest BCUT2D eigenvalue weighted by Crippen LogP contribution is 2.20. The molecule has 1 aromatic heterocycles. The number of nitrogens with zero attached hydrogens (tertiary/aromatic N) is 1. The monoisotopic (exact) mass is 379 g/mol. The normalized spacial score (nSPS) is 14.7. The van der Waals surface area contributed by atoms with Gasteiger partial charge in [-0.2, -0.15) is 0 Å². The van der Waals surface area contributed by atoms with Crippen LogP contribution in [-0.4, -0.2) is 49.6 Å². The van der Waals surface area contributed by atoms with Gasteiger partial charge < -0.3 is 19.8 Å². The first kappa shape index (κ1) is 18.2. The van der Waals surface area contributed by atoms with E-state index in [1.807, 2.05) is 24.3 Å². The summed E-state index contributed by atoms with van der Waals surface area (Å²) in [6.45, 7) is 3.19. The zero-order chi connectivity index (χ0) is 19.3. The zero-order valence-corrected chi connectivity index (χ0v) is 15.3. The Hall–Kier alpha value is -3.16. The summed E-state index contributed by atoms with van der Waals surface area (Å²) in [6, 6.07) is 16.2. The molecule has 0 spiro atoms. The third kappa shape index (κ3) is 4.39. The fourth-order valence-corrected chi connectivity index (χ4v) is 3.09. The number of hydrogen-bond acceptors (Lipinski definition) is 5. The summed E-state index contributed by atoms with van der Waals surface area (Å²) in [7, 11) is 0. The maximum Gasteiger partial charge on any atom is 0.291 e. The van der Waals surface area contributed by atoms with E-state index in [0.29, 0.717) is 36.7 Å². The van der Waals surface area contributed by atoms with E-state index in [2.05, 4.69) is 15.5 Å². The van der Waals surface area contributed by atoms with Gasteiger partial charge in [0.25, 0.3) is 5.91 Å². The molecule has 7 heteroatoms. The Kier molecular flexibility index (Phi) is 5.36. The molecule has 0 bridgehead atoms. The molecule has 4 rings (SSSR count). The highest BCUT2D eigenvalue weighted by molar-refractivity contribution is 6.04. The van der Waals surface area contributed by atoms with Crippen molar-refractivity contribution in [1.82, 2.24) is 4.90 Å². The average molecular weight is 379 g/mol. The Bertz CT molecular complexity index is 942. The number of furan rings is 1. The summed E-state index contributed by atoms with van der Waals surface area (Å²) in [5.41, 5.74) is 1.97. The highest BCUT2D eigenvalue weighted by atomic mass is 16.5. The molecule has 2 heterocycles. The summed E-state index contributed by atoms with van der Waals surface area (Å²) in [5, 5.41) is 6.54.